The number of urea groups is 1. The van der Waals surface area contributed by atoms with Crippen molar-refractivity contribution in [1.29, 1.82) is 0 Å². The van der Waals surface area contributed by atoms with Gasteiger partial charge in [0.25, 0.3) is 0 Å². The molecule has 1 N–H and O–H groups in total. The van der Waals surface area contributed by atoms with Crippen molar-refractivity contribution in [2.24, 2.45) is 0 Å². The SMILES string of the molecule is Cc1cc2c(cc1C1CNC(=O)N1C)OCCO2. The topological polar surface area (TPSA) is 50.8 Å². The molecule has 3 rings (SSSR count). The predicted octanol–water partition coefficient (Wildman–Crippen LogP) is 1.46. The van der Waals surface area contributed by atoms with Crippen LogP contribution in [0.4, 0.5) is 4.79 Å². The number of nitrogens with one attached hydrogen (secondary N) is 1. The van der Waals surface area contributed by atoms with Gasteiger partial charge in [-0.15, -0.1) is 0 Å². The molecule has 2 amide bonds. The molecule has 0 aliphatic carbocycles. The number of nitrogens with zero attached hydrogens (tertiary/aromatic N) is 1. The van der Waals surface area contributed by atoms with Crippen molar-refractivity contribution in [2.75, 3.05) is 26.8 Å². The molecule has 18 heavy (non-hydrogen) atoms. The van der Waals surface area contributed by atoms with E-state index in [1.807, 2.05) is 26.1 Å². The molecule has 1 fully saturated rings. The third-order valence-electron chi connectivity index (χ3n) is 3.52. The lowest BCUT2D eigenvalue weighted by Gasteiger charge is -2.24. The fourth-order valence-electron chi connectivity index (χ4n) is 2.47. The molecule has 2 heterocycles. The maximum Gasteiger partial charge on any atom is 0.317 e. The van der Waals surface area contributed by atoms with E-state index >= 15 is 0 Å². The van der Waals surface area contributed by atoms with E-state index in [0.29, 0.717) is 19.8 Å². The highest BCUT2D eigenvalue weighted by Gasteiger charge is 2.30. The third kappa shape index (κ3) is 1.66. The fraction of sp³-hybridized carbons (Fsp3) is 0.462. The minimum absolute atomic E-state index is 0.0331. The van der Waals surface area contributed by atoms with Crippen molar-refractivity contribution in [1.82, 2.24) is 10.2 Å². The molecule has 2 aliphatic heterocycles. The van der Waals surface area contributed by atoms with Gasteiger partial charge >= 0.3 is 6.03 Å². The van der Waals surface area contributed by atoms with Gasteiger partial charge in [-0.05, 0) is 30.2 Å². The summed E-state index contributed by atoms with van der Waals surface area (Å²) in [5.74, 6) is 1.57. The van der Waals surface area contributed by atoms with Crippen molar-refractivity contribution < 1.29 is 14.3 Å². The first-order chi connectivity index (χ1) is 8.66. The molecule has 1 saturated heterocycles. The Bertz CT molecular complexity index is 501. The van der Waals surface area contributed by atoms with Crippen molar-refractivity contribution in [2.45, 2.75) is 13.0 Å². The molecular formula is C13H16N2O3. The number of ether oxygens (including phenoxy) is 2. The number of fused-ring (bicyclic) bond motifs is 1. The normalized spacial score (nSPS) is 22.0. The first-order valence-corrected chi connectivity index (χ1v) is 6.07. The summed E-state index contributed by atoms with van der Waals surface area (Å²) in [5, 5.41) is 2.84. The second-order valence-corrected chi connectivity index (χ2v) is 4.67. The summed E-state index contributed by atoms with van der Waals surface area (Å²) in [5.41, 5.74) is 2.23. The van der Waals surface area contributed by atoms with E-state index < -0.39 is 0 Å². The molecule has 0 bridgehead atoms. The standard InChI is InChI=1S/C13H16N2O3/c1-8-5-11-12(18-4-3-17-11)6-9(8)10-7-14-13(16)15(10)2/h5-6,10H,3-4,7H2,1-2H3,(H,14,16). The van der Waals surface area contributed by atoms with E-state index in [4.69, 9.17) is 9.47 Å². The van der Waals surface area contributed by atoms with Crippen LogP contribution in [0.2, 0.25) is 0 Å². The average molecular weight is 248 g/mol. The van der Waals surface area contributed by atoms with Crippen LogP contribution in [0.5, 0.6) is 11.5 Å². The molecule has 5 nitrogen and oxygen atoms in total. The number of benzene rings is 1. The first kappa shape index (κ1) is 11.2. The van der Waals surface area contributed by atoms with Gasteiger partial charge in [-0.3, -0.25) is 0 Å². The smallest absolute Gasteiger partial charge is 0.317 e. The third-order valence-corrected chi connectivity index (χ3v) is 3.52. The first-order valence-electron chi connectivity index (χ1n) is 6.07. The molecule has 1 atom stereocenters. The quantitative estimate of drug-likeness (QED) is 0.818. The number of amides is 2. The van der Waals surface area contributed by atoms with Gasteiger partial charge in [0, 0.05) is 13.6 Å². The molecule has 0 spiro atoms. The fourth-order valence-corrected chi connectivity index (χ4v) is 2.47. The highest BCUT2D eigenvalue weighted by atomic mass is 16.6. The maximum absolute atomic E-state index is 11.5. The minimum Gasteiger partial charge on any atom is -0.486 e. The molecule has 5 heteroatoms. The lowest BCUT2D eigenvalue weighted by atomic mass is 10.00. The summed E-state index contributed by atoms with van der Waals surface area (Å²) in [6, 6.07) is 4.01. The van der Waals surface area contributed by atoms with E-state index in [0.717, 1.165) is 22.6 Å². The van der Waals surface area contributed by atoms with E-state index in [1.165, 1.54) is 0 Å². The number of rotatable bonds is 1. The summed E-state index contributed by atoms with van der Waals surface area (Å²) >= 11 is 0. The molecule has 0 saturated carbocycles. The second-order valence-electron chi connectivity index (χ2n) is 4.67. The van der Waals surface area contributed by atoms with Crippen molar-refractivity contribution in [3.05, 3.63) is 23.3 Å². The second kappa shape index (κ2) is 4.08. The summed E-state index contributed by atoms with van der Waals surface area (Å²) < 4.78 is 11.1. The maximum atomic E-state index is 11.5. The van der Waals surface area contributed by atoms with E-state index in [2.05, 4.69) is 5.32 Å². The number of hydrogen-bond donors (Lipinski definition) is 1. The van der Waals surface area contributed by atoms with E-state index in [1.54, 1.807) is 4.90 Å². The molecule has 1 unspecified atom stereocenters. The molecule has 96 valence electrons. The van der Waals surface area contributed by atoms with Gasteiger partial charge in [-0.1, -0.05) is 0 Å². The average Bonchev–Trinajstić information content (AvgIpc) is 2.69. The van der Waals surface area contributed by atoms with Gasteiger partial charge in [-0.25, -0.2) is 4.79 Å². The van der Waals surface area contributed by atoms with Gasteiger partial charge in [0.15, 0.2) is 11.5 Å². The van der Waals surface area contributed by atoms with Gasteiger partial charge in [0.1, 0.15) is 13.2 Å². The zero-order valence-electron chi connectivity index (χ0n) is 10.5. The van der Waals surface area contributed by atoms with Crippen LogP contribution in [0, 0.1) is 6.92 Å². The van der Waals surface area contributed by atoms with Crippen LogP contribution in [-0.2, 0) is 0 Å². The van der Waals surface area contributed by atoms with Gasteiger partial charge in [0.2, 0.25) is 0 Å². The Labute approximate surface area is 106 Å². The van der Waals surface area contributed by atoms with Crippen LogP contribution in [0.1, 0.15) is 17.2 Å². The molecule has 2 aliphatic rings. The molecular weight excluding hydrogens is 232 g/mol. The lowest BCUT2D eigenvalue weighted by molar-refractivity contribution is 0.171. The summed E-state index contributed by atoms with van der Waals surface area (Å²) in [4.78, 5) is 13.2. The Balaban J connectivity index is 1.99. The minimum atomic E-state index is -0.0331. The number of carbonyl (C=O) groups excluding carboxylic acids is 1. The number of carbonyl (C=O) groups is 1. The highest BCUT2D eigenvalue weighted by Crippen LogP contribution is 2.37. The number of likely N-dealkylation sites (N-methyl/N-ethyl adjacent to an activating group) is 1. The van der Waals surface area contributed by atoms with Gasteiger partial charge in [0.05, 0.1) is 6.04 Å². The molecule has 0 radical (unpaired) electrons. The predicted molar refractivity (Wildman–Crippen MR) is 66.1 cm³/mol. The summed E-state index contributed by atoms with van der Waals surface area (Å²) in [6.45, 7) is 3.84. The van der Waals surface area contributed by atoms with Gasteiger partial charge < -0.3 is 19.7 Å². The Hall–Kier alpha value is -1.91. The van der Waals surface area contributed by atoms with Crippen LogP contribution in [0.25, 0.3) is 0 Å². The van der Waals surface area contributed by atoms with Crippen LogP contribution >= 0.6 is 0 Å². The van der Waals surface area contributed by atoms with Crippen LogP contribution < -0.4 is 14.8 Å². The van der Waals surface area contributed by atoms with Crippen LogP contribution in [0.15, 0.2) is 12.1 Å². The number of aryl methyl sites for hydroxylation is 1. The summed E-state index contributed by atoms with van der Waals surface area (Å²) in [7, 11) is 1.81. The molecule has 1 aromatic rings. The Morgan fingerprint density at radius 2 is 1.94 bits per heavy atom. The van der Waals surface area contributed by atoms with Crippen LogP contribution in [-0.4, -0.2) is 37.7 Å². The molecule has 1 aromatic carbocycles. The van der Waals surface area contributed by atoms with Crippen molar-refractivity contribution in [3.63, 3.8) is 0 Å². The van der Waals surface area contributed by atoms with E-state index in [-0.39, 0.29) is 12.1 Å². The van der Waals surface area contributed by atoms with E-state index in [9.17, 15) is 4.79 Å². The Morgan fingerprint density at radius 3 is 2.56 bits per heavy atom. The monoisotopic (exact) mass is 248 g/mol. The Morgan fingerprint density at radius 1 is 1.28 bits per heavy atom. The number of hydrogen-bond acceptors (Lipinski definition) is 3. The van der Waals surface area contributed by atoms with Crippen molar-refractivity contribution >= 4 is 6.03 Å². The van der Waals surface area contributed by atoms with Crippen molar-refractivity contribution in [3.8, 4) is 11.5 Å². The van der Waals surface area contributed by atoms with Gasteiger partial charge in [-0.2, -0.15) is 0 Å². The van der Waals surface area contributed by atoms with Crippen LogP contribution in [0.3, 0.4) is 0 Å². The summed E-state index contributed by atoms with van der Waals surface area (Å²) in [6.07, 6.45) is 0. The largest absolute Gasteiger partial charge is 0.486 e. The lowest BCUT2D eigenvalue weighted by Crippen LogP contribution is -2.25. The highest BCUT2D eigenvalue weighted by molar-refractivity contribution is 5.77. The zero-order valence-corrected chi connectivity index (χ0v) is 10.5. The molecule has 0 aromatic heterocycles. The Kier molecular flexibility index (Phi) is 2.54. The zero-order chi connectivity index (χ0) is 12.7.